The summed E-state index contributed by atoms with van der Waals surface area (Å²) in [5, 5.41) is 0. The van der Waals surface area contributed by atoms with Crippen molar-refractivity contribution in [3.63, 3.8) is 0 Å². The van der Waals surface area contributed by atoms with Crippen LogP contribution < -0.4 is 0 Å². The molecule has 0 spiro atoms. The minimum atomic E-state index is 0.386. The summed E-state index contributed by atoms with van der Waals surface area (Å²) in [7, 11) is 0. The van der Waals surface area contributed by atoms with Gasteiger partial charge < -0.3 is 0 Å². The molecule has 1 aromatic carbocycles. The van der Waals surface area contributed by atoms with E-state index < -0.39 is 0 Å². The lowest BCUT2D eigenvalue weighted by Crippen LogP contribution is -2.61. The van der Waals surface area contributed by atoms with Crippen molar-refractivity contribution >= 4 is 0 Å². The van der Waals surface area contributed by atoms with Crippen LogP contribution in [-0.2, 0) is 6.54 Å². The molecule has 1 heterocycles. The molecule has 3 rings (SSSR count). The Balaban J connectivity index is 1.77. The van der Waals surface area contributed by atoms with Gasteiger partial charge in [-0.1, -0.05) is 115 Å². The summed E-state index contributed by atoms with van der Waals surface area (Å²) in [6, 6.07) is 12.2. The van der Waals surface area contributed by atoms with E-state index in [1.54, 1.807) is 0 Å². The van der Waals surface area contributed by atoms with Crippen molar-refractivity contribution < 1.29 is 0 Å². The molecule has 4 atom stereocenters. The predicted molar refractivity (Wildman–Crippen MR) is 132 cm³/mol. The lowest BCUT2D eigenvalue weighted by Gasteiger charge is -2.58. The van der Waals surface area contributed by atoms with Gasteiger partial charge in [-0.2, -0.15) is 0 Å². The molecule has 0 N–H and O–H groups in total. The number of rotatable bonds is 12. The number of hydrogen-bond donors (Lipinski definition) is 0. The maximum absolute atomic E-state index is 3.01. The minimum Gasteiger partial charge on any atom is -0.290 e. The van der Waals surface area contributed by atoms with Crippen LogP contribution in [0.4, 0.5) is 0 Å². The van der Waals surface area contributed by atoms with Gasteiger partial charge in [-0.25, -0.2) is 0 Å². The highest BCUT2D eigenvalue weighted by Gasteiger charge is 2.48. The Hall–Kier alpha value is -0.820. The van der Waals surface area contributed by atoms with Crippen molar-refractivity contribution in [2.75, 3.05) is 0 Å². The van der Waals surface area contributed by atoms with Crippen LogP contribution in [0.25, 0.3) is 0 Å². The fraction of sp³-hybridized carbons (Fsp3) is 0.793. The predicted octanol–water partition coefficient (Wildman–Crippen LogP) is 8.77. The highest BCUT2D eigenvalue weighted by molar-refractivity contribution is 5.16. The summed E-state index contributed by atoms with van der Waals surface area (Å²) in [6.07, 6.45) is 21.4. The zero-order valence-corrected chi connectivity index (χ0v) is 20.4. The van der Waals surface area contributed by atoms with E-state index in [1.165, 1.54) is 102 Å². The maximum atomic E-state index is 3.01. The van der Waals surface area contributed by atoms with Crippen LogP contribution in [0, 0.1) is 11.8 Å². The molecule has 1 saturated heterocycles. The van der Waals surface area contributed by atoms with Crippen LogP contribution in [0.15, 0.2) is 30.3 Å². The van der Waals surface area contributed by atoms with Gasteiger partial charge in [-0.05, 0) is 50.0 Å². The van der Waals surface area contributed by atoms with Gasteiger partial charge in [0.05, 0.1) is 0 Å². The molecule has 30 heavy (non-hydrogen) atoms. The van der Waals surface area contributed by atoms with E-state index in [0.717, 1.165) is 24.4 Å². The lowest BCUT2D eigenvalue weighted by molar-refractivity contribution is -0.0839. The topological polar surface area (TPSA) is 3.24 Å². The van der Waals surface area contributed by atoms with Crippen LogP contribution in [-0.4, -0.2) is 16.5 Å². The molecule has 0 aromatic heterocycles. The number of likely N-dealkylation sites (tertiary alicyclic amines) is 1. The van der Waals surface area contributed by atoms with E-state index in [1.807, 2.05) is 0 Å². The van der Waals surface area contributed by atoms with Crippen LogP contribution >= 0.6 is 0 Å². The van der Waals surface area contributed by atoms with Gasteiger partial charge in [0.25, 0.3) is 0 Å². The van der Waals surface area contributed by atoms with Crippen molar-refractivity contribution in [2.45, 2.75) is 135 Å². The van der Waals surface area contributed by atoms with Gasteiger partial charge in [0.1, 0.15) is 0 Å². The number of hydrogen-bond acceptors (Lipinski definition) is 1. The Kier molecular flexibility index (Phi) is 9.75. The molecule has 1 aliphatic carbocycles. The van der Waals surface area contributed by atoms with E-state index >= 15 is 0 Å². The molecule has 1 aromatic rings. The molecule has 1 heteroatoms. The summed E-state index contributed by atoms with van der Waals surface area (Å²) >= 11 is 0. The summed E-state index contributed by atoms with van der Waals surface area (Å²) in [5.41, 5.74) is 1.90. The second kappa shape index (κ2) is 12.3. The van der Waals surface area contributed by atoms with Crippen molar-refractivity contribution in [3.8, 4) is 0 Å². The zero-order chi connectivity index (χ0) is 21.2. The quantitative estimate of drug-likeness (QED) is 0.311. The Morgan fingerprint density at radius 3 is 2.30 bits per heavy atom. The van der Waals surface area contributed by atoms with E-state index in [0.29, 0.717) is 5.54 Å². The molecular formula is C29H49N. The molecule has 170 valence electrons. The zero-order valence-electron chi connectivity index (χ0n) is 20.4. The second-order valence-corrected chi connectivity index (χ2v) is 10.8. The summed E-state index contributed by atoms with van der Waals surface area (Å²) < 4.78 is 0. The first-order valence-electron chi connectivity index (χ1n) is 13.5. The van der Waals surface area contributed by atoms with Gasteiger partial charge >= 0.3 is 0 Å². The maximum Gasteiger partial charge on any atom is 0.0242 e. The van der Waals surface area contributed by atoms with Gasteiger partial charge in [0.15, 0.2) is 0 Å². The fourth-order valence-corrected chi connectivity index (χ4v) is 6.73. The van der Waals surface area contributed by atoms with Crippen LogP contribution in [0.1, 0.15) is 123 Å². The van der Waals surface area contributed by atoms with Crippen molar-refractivity contribution in [3.05, 3.63) is 35.9 Å². The van der Waals surface area contributed by atoms with E-state index in [2.05, 4.69) is 56.0 Å². The molecule has 1 aliphatic heterocycles. The van der Waals surface area contributed by atoms with Crippen LogP contribution in [0.2, 0.25) is 0 Å². The number of unbranched alkanes of at least 4 members (excludes halogenated alkanes) is 6. The molecule has 1 nitrogen and oxygen atoms in total. The third-order valence-corrected chi connectivity index (χ3v) is 8.38. The number of nitrogens with zero attached hydrogens (tertiary/aromatic N) is 1. The normalized spacial score (nSPS) is 29.6. The van der Waals surface area contributed by atoms with Gasteiger partial charge in [0.2, 0.25) is 0 Å². The van der Waals surface area contributed by atoms with E-state index in [-0.39, 0.29) is 0 Å². The highest BCUT2D eigenvalue weighted by Crippen LogP contribution is 2.49. The first kappa shape index (κ1) is 23.8. The van der Waals surface area contributed by atoms with Crippen molar-refractivity contribution in [1.29, 1.82) is 0 Å². The molecule has 0 bridgehead atoms. The highest BCUT2D eigenvalue weighted by atomic mass is 15.2. The van der Waals surface area contributed by atoms with Gasteiger partial charge in [-0.3, -0.25) is 4.90 Å². The molecule has 2 aliphatic rings. The smallest absolute Gasteiger partial charge is 0.0242 e. The first-order valence-corrected chi connectivity index (χ1v) is 13.5. The van der Waals surface area contributed by atoms with E-state index in [4.69, 9.17) is 0 Å². The van der Waals surface area contributed by atoms with Gasteiger partial charge in [-0.15, -0.1) is 0 Å². The second-order valence-electron chi connectivity index (χ2n) is 10.8. The lowest BCUT2D eigenvalue weighted by atomic mass is 9.64. The largest absolute Gasteiger partial charge is 0.290 e. The average molecular weight is 412 g/mol. The van der Waals surface area contributed by atoms with Gasteiger partial charge in [0, 0.05) is 18.1 Å². The molecule has 2 fully saturated rings. The van der Waals surface area contributed by atoms with Crippen molar-refractivity contribution in [1.82, 2.24) is 4.90 Å². The standard InChI is InChI=1S/C29H49N/c1-4-6-8-13-19-26-23-29(3,22-16-9-7-5-2)30(24-25-17-11-10-12-18-25)28-21-15-14-20-27(26)28/h10-12,17-18,26-28H,4-9,13-16,19-24H2,1-3H3. The number of benzene rings is 1. The Morgan fingerprint density at radius 1 is 0.867 bits per heavy atom. The molecule has 1 saturated carbocycles. The van der Waals surface area contributed by atoms with Crippen LogP contribution in [0.5, 0.6) is 0 Å². The summed E-state index contributed by atoms with van der Waals surface area (Å²) in [6.45, 7) is 8.48. The average Bonchev–Trinajstić information content (AvgIpc) is 2.77. The molecule has 0 radical (unpaired) electrons. The Morgan fingerprint density at radius 2 is 1.57 bits per heavy atom. The van der Waals surface area contributed by atoms with Crippen LogP contribution in [0.3, 0.4) is 0 Å². The fourth-order valence-electron chi connectivity index (χ4n) is 6.73. The Bertz CT molecular complexity index is 581. The third-order valence-electron chi connectivity index (χ3n) is 8.38. The minimum absolute atomic E-state index is 0.386. The SMILES string of the molecule is CCCCCCC1CC(C)(CCCCCC)N(Cc2ccccc2)C2CCCCC12. The third kappa shape index (κ3) is 6.35. The molecule has 4 unspecified atom stereocenters. The number of fused-ring (bicyclic) bond motifs is 1. The van der Waals surface area contributed by atoms with E-state index in [9.17, 15) is 0 Å². The number of piperidine rings is 1. The monoisotopic (exact) mass is 411 g/mol. The van der Waals surface area contributed by atoms with Crippen molar-refractivity contribution in [2.24, 2.45) is 11.8 Å². The Labute approximate surface area is 188 Å². The first-order chi connectivity index (χ1) is 14.7. The molecular weight excluding hydrogens is 362 g/mol. The summed E-state index contributed by atoms with van der Waals surface area (Å²) in [5.74, 6) is 1.92. The summed E-state index contributed by atoms with van der Waals surface area (Å²) in [4.78, 5) is 3.01. The molecule has 0 amide bonds.